The van der Waals surface area contributed by atoms with Gasteiger partial charge in [0.05, 0.1) is 5.69 Å². The molecule has 0 fully saturated rings. The summed E-state index contributed by atoms with van der Waals surface area (Å²) >= 11 is 0. The number of aryl methyl sites for hydroxylation is 2. The van der Waals surface area contributed by atoms with Crippen LogP contribution in [-0.4, -0.2) is 42.5 Å². The third-order valence-electron chi connectivity index (χ3n) is 6.99. The number of anilines is 3. The maximum Gasteiger partial charge on any atom is 0.258 e. The summed E-state index contributed by atoms with van der Waals surface area (Å²) in [5, 5.41) is 15.3. The van der Waals surface area contributed by atoms with Gasteiger partial charge in [0.25, 0.3) is 5.91 Å². The number of amides is 2. The molecule has 0 heterocycles. The molecule has 0 spiro atoms. The summed E-state index contributed by atoms with van der Waals surface area (Å²) in [7, 11) is 1.70. The zero-order chi connectivity index (χ0) is 32.5. The van der Waals surface area contributed by atoms with E-state index in [0.29, 0.717) is 17.1 Å². The molecule has 2 amide bonds. The van der Waals surface area contributed by atoms with Crippen molar-refractivity contribution in [3.8, 4) is 11.1 Å². The van der Waals surface area contributed by atoms with Gasteiger partial charge in [-0.1, -0.05) is 48.5 Å². The van der Waals surface area contributed by atoms with Gasteiger partial charge in [-0.2, -0.15) is 10.2 Å². The Morgan fingerprint density at radius 3 is 1.73 bits per heavy atom. The first-order valence-corrected chi connectivity index (χ1v) is 14.3. The Morgan fingerprint density at radius 1 is 0.689 bits per heavy atom. The number of carbonyl (C=O) groups is 4. The molecule has 0 saturated heterocycles. The summed E-state index contributed by atoms with van der Waals surface area (Å²) in [6, 6.07) is 26.7. The van der Waals surface area contributed by atoms with Crippen molar-refractivity contribution in [2.75, 3.05) is 22.7 Å². The number of carbonyl (C=O) groups excluding carboxylic acids is 4. The van der Waals surface area contributed by atoms with Gasteiger partial charge in [-0.25, -0.2) is 0 Å². The average Bonchev–Trinajstić information content (AvgIpc) is 3.01. The molecule has 10 nitrogen and oxygen atoms in total. The van der Waals surface area contributed by atoms with Gasteiger partial charge in [-0.15, -0.1) is 0 Å². The van der Waals surface area contributed by atoms with E-state index in [4.69, 9.17) is 0 Å². The lowest BCUT2D eigenvalue weighted by atomic mass is 10.00. The predicted molar refractivity (Wildman–Crippen MR) is 177 cm³/mol. The van der Waals surface area contributed by atoms with Gasteiger partial charge in [0, 0.05) is 23.1 Å². The monoisotopic (exact) mass is 603 g/mol. The molecule has 230 valence electrons. The first-order chi connectivity index (χ1) is 21.5. The second kappa shape index (κ2) is 14.8. The lowest BCUT2D eigenvalue weighted by Gasteiger charge is -2.41. The Kier molecular flexibility index (Phi) is 10.7. The van der Waals surface area contributed by atoms with Crippen molar-refractivity contribution in [2.45, 2.75) is 39.8 Å². The third-order valence-corrected chi connectivity index (χ3v) is 6.99. The SMILES string of the molecule is CC(=O)C(N=Nc1ccc(-c2ccc(N(C)[N-]C(C(C)=O)C(=O)Nc3ccccc3)c(C)c2)cc1C)C(=O)Nc1ccccc1. The van der Waals surface area contributed by atoms with Crippen molar-refractivity contribution in [3.63, 3.8) is 0 Å². The number of hydrogen-bond donors (Lipinski definition) is 2. The van der Waals surface area contributed by atoms with Gasteiger partial charge in [-0.3, -0.25) is 14.4 Å². The van der Waals surface area contributed by atoms with E-state index in [1.807, 2.05) is 56.3 Å². The molecule has 0 aromatic heterocycles. The highest BCUT2D eigenvalue weighted by atomic mass is 16.2. The lowest BCUT2D eigenvalue weighted by molar-refractivity contribution is -0.127. The second-order valence-corrected chi connectivity index (χ2v) is 10.6. The minimum atomic E-state index is -1.27. The lowest BCUT2D eigenvalue weighted by Crippen LogP contribution is -2.37. The van der Waals surface area contributed by atoms with Crippen LogP contribution in [0.1, 0.15) is 25.0 Å². The van der Waals surface area contributed by atoms with Crippen molar-refractivity contribution < 1.29 is 19.2 Å². The molecule has 4 aromatic rings. The Balaban J connectivity index is 1.46. The standard InChI is InChI=1S/C35H35N6O4/c1-22-20-26(16-18-30(22)38-39-32(24(3)42)34(44)36-28-12-8-6-9-13-28)27-17-19-31(23(2)21-27)41(5)40-33(25(4)43)35(45)37-29-14-10-7-11-15-29/h6-21,32-33H,1-5H3,(H,36,44)(H,37,45)/q-1. The maximum atomic E-state index is 12.8. The van der Waals surface area contributed by atoms with E-state index >= 15 is 0 Å². The molecule has 0 radical (unpaired) electrons. The van der Waals surface area contributed by atoms with E-state index in [1.54, 1.807) is 66.7 Å². The fourth-order valence-corrected chi connectivity index (χ4v) is 4.60. The summed E-state index contributed by atoms with van der Waals surface area (Å²) < 4.78 is 0. The average molecular weight is 604 g/mol. The summed E-state index contributed by atoms with van der Waals surface area (Å²) in [4.78, 5) is 50.0. The summed E-state index contributed by atoms with van der Waals surface area (Å²) in [6.07, 6.45) is 0. The number of nitrogens with zero attached hydrogens (tertiary/aromatic N) is 4. The first kappa shape index (κ1) is 32.4. The zero-order valence-electron chi connectivity index (χ0n) is 25.8. The second-order valence-electron chi connectivity index (χ2n) is 10.6. The van der Waals surface area contributed by atoms with Crippen molar-refractivity contribution in [1.82, 2.24) is 0 Å². The van der Waals surface area contributed by atoms with Crippen molar-refractivity contribution in [1.29, 1.82) is 0 Å². The van der Waals surface area contributed by atoms with Crippen molar-refractivity contribution in [2.24, 2.45) is 10.2 Å². The smallest absolute Gasteiger partial charge is 0.258 e. The molecule has 0 aliphatic rings. The highest BCUT2D eigenvalue weighted by molar-refractivity contribution is 6.12. The molecular weight excluding hydrogens is 568 g/mol. The van der Waals surface area contributed by atoms with E-state index in [-0.39, 0.29) is 5.78 Å². The molecule has 10 heteroatoms. The van der Waals surface area contributed by atoms with Crippen LogP contribution in [0.2, 0.25) is 0 Å². The van der Waals surface area contributed by atoms with Crippen molar-refractivity contribution in [3.05, 3.63) is 114 Å². The largest absolute Gasteiger partial charge is 0.551 e. The zero-order valence-corrected chi connectivity index (χ0v) is 25.8. The van der Waals surface area contributed by atoms with Crippen LogP contribution in [0.25, 0.3) is 16.6 Å². The van der Waals surface area contributed by atoms with E-state index in [9.17, 15) is 19.2 Å². The molecule has 0 aliphatic carbocycles. The van der Waals surface area contributed by atoms with Crippen LogP contribution in [0.4, 0.5) is 22.7 Å². The summed E-state index contributed by atoms with van der Waals surface area (Å²) in [5.41, 5.74) is 10.4. The molecule has 2 unspecified atom stereocenters. The number of hydrogen-bond acceptors (Lipinski definition) is 7. The van der Waals surface area contributed by atoms with Gasteiger partial charge in [-0.05, 0) is 106 Å². The van der Waals surface area contributed by atoms with Gasteiger partial charge >= 0.3 is 0 Å². The molecule has 45 heavy (non-hydrogen) atoms. The summed E-state index contributed by atoms with van der Waals surface area (Å²) in [6.45, 7) is 6.45. The molecule has 0 saturated carbocycles. The van der Waals surface area contributed by atoms with Gasteiger partial charge in [0.2, 0.25) is 11.9 Å². The molecule has 4 rings (SSSR count). The van der Waals surface area contributed by atoms with Crippen molar-refractivity contribution >= 4 is 46.1 Å². The van der Waals surface area contributed by atoms with Crippen LogP contribution in [0.5, 0.6) is 0 Å². The van der Waals surface area contributed by atoms with E-state index in [2.05, 4.69) is 26.3 Å². The van der Waals surface area contributed by atoms with Crippen LogP contribution in [0.3, 0.4) is 0 Å². The topological polar surface area (TPSA) is 134 Å². The number of ketones is 2. The minimum Gasteiger partial charge on any atom is -0.551 e. The summed E-state index contributed by atoms with van der Waals surface area (Å²) in [5.74, 6) is -1.84. The molecule has 2 N–H and O–H groups in total. The Morgan fingerprint density at radius 2 is 1.22 bits per heavy atom. The van der Waals surface area contributed by atoms with Crippen LogP contribution >= 0.6 is 0 Å². The van der Waals surface area contributed by atoms with Crippen LogP contribution in [0, 0.1) is 13.8 Å². The molecular formula is C35H35N6O4-. The number of azo groups is 1. The van der Waals surface area contributed by atoms with Crippen LogP contribution < -0.4 is 15.6 Å². The predicted octanol–water partition coefficient (Wildman–Crippen LogP) is 6.97. The normalized spacial score (nSPS) is 12.3. The van der Waals surface area contributed by atoms with E-state index in [0.717, 1.165) is 27.9 Å². The third kappa shape index (κ3) is 8.55. The van der Waals surface area contributed by atoms with E-state index < -0.39 is 29.7 Å². The van der Waals surface area contributed by atoms with Crippen LogP contribution in [-0.2, 0) is 19.2 Å². The first-order valence-electron chi connectivity index (χ1n) is 14.3. The highest BCUT2D eigenvalue weighted by Crippen LogP contribution is 2.31. The minimum absolute atomic E-state index is 0.372. The Labute approximate surface area is 262 Å². The quantitative estimate of drug-likeness (QED) is 0.102. The molecule has 4 aromatic carbocycles. The fourth-order valence-electron chi connectivity index (χ4n) is 4.60. The van der Waals surface area contributed by atoms with Gasteiger partial charge < -0.3 is 25.9 Å². The molecule has 0 bridgehead atoms. The Bertz CT molecular complexity index is 1720. The van der Waals surface area contributed by atoms with Gasteiger partial charge in [0.15, 0.2) is 5.78 Å². The molecule has 2 atom stereocenters. The number of rotatable bonds is 12. The van der Waals surface area contributed by atoms with E-state index in [1.165, 1.54) is 13.8 Å². The maximum absolute atomic E-state index is 12.8. The number of benzene rings is 4. The number of para-hydroxylation sites is 2. The Hall–Kier alpha value is -5.48. The van der Waals surface area contributed by atoms with Crippen LogP contribution in [0.15, 0.2) is 107 Å². The number of nitrogens with one attached hydrogen (secondary N) is 2. The fraction of sp³-hybridized carbons (Fsp3) is 0.200. The molecule has 0 aliphatic heterocycles. The number of Topliss-reactive ketones (excluding diaryl/α,β-unsaturated/α-hetero) is 2. The van der Waals surface area contributed by atoms with Gasteiger partial charge in [0.1, 0.15) is 5.78 Å². The highest BCUT2D eigenvalue weighted by Gasteiger charge is 2.23.